The predicted octanol–water partition coefficient (Wildman–Crippen LogP) is 3.57. The minimum Gasteiger partial charge on any atom is -0.381 e. The number of amides is 2. The van der Waals surface area contributed by atoms with Crippen LogP contribution < -0.4 is 0 Å². The molecular weight excluding hydrogens is 407 g/mol. The summed E-state index contributed by atoms with van der Waals surface area (Å²) in [6, 6.07) is 16.6. The summed E-state index contributed by atoms with van der Waals surface area (Å²) in [5.41, 5.74) is 1.22. The molecule has 2 fully saturated rings. The first-order valence-electron chi connectivity index (χ1n) is 11.5. The van der Waals surface area contributed by atoms with Crippen LogP contribution in [0.1, 0.15) is 36.8 Å². The molecule has 0 aromatic heterocycles. The Morgan fingerprint density at radius 1 is 0.906 bits per heavy atom. The molecule has 32 heavy (non-hydrogen) atoms. The average molecular weight is 439 g/mol. The highest BCUT2D eigenvalue weighted by atomic mass is 19.1. The molecule has 2 aliphatic heterocycles. The van der Waals surface area contributed by atoms with Crippen LogP contribution in [-0.4, -0.2) is 61.0 Å². The van der Waals surface area contributed by atoms with Crippen LogP contribution in [0.4, 0.5) is 4.39 Å². The standard InChI is InChI=1S/C26H31FN2O3/c27-23-10-5-9-22(20-23)26(12-18-32-19-13-26)25(31)29-16-14-28(15-17-29)24(30)11-4-8-21-6-2-1-3-7-21/h1-3,5-7,9-10,20H,4,8,11-19H2. The lowest BCUT2D eigenvalue weighted by molar-refractivity contribution is -0.146. The Bertz CT molecular complexity index is 920. The highest BCUT2D eigenvalue weighted by Crippen LogP contribution is 2.37. The third-order valence-electron chi connectivity index (χ3n) is 6.75. The van der Waals surface area contributed by atoms with E-state index in [1.807, 2.05) is 34.1 Å². The first-order valence-corrected chi connectivity index (χ1v) is 11.5. The molecule has 2 aliphatic rings. The Morgan fingerprint density at radius 2 is 1.59 bits per heavy atom. The van der Waals surface area contributed by atoms with Crippen LogP contribution in [0.5, 0.6) is 0 Å². The van der Waals surface area contributed by atoms with Crippen LogP contribution in [-0.2, 0) is 26.2 Å². The summed E-state index contributed by atoms with van der Waals surface area (Å²) in [6.45, 7) is 3.10. The number of rotatable bonds is 6. The van der Waals surface area contributed by atoms with E-state index in [0.29, 0.717) is 58.7 Å². The number of piperazine rings is 1. The summed E-state index contributed by atoms with van der Waals surface area (Å²) in [7, 11) is 0. The van der Waals surface area contributed by atoms with E-state index in [9.17, 15) is 14.0 Å². The van der Waals surface area contributed by atoms with Crippen molar-refractivity contribution in [2.45, 2.75) is 37.5 Å². The maximum atomic E-state index is 13.9. The quantitative estimate of drug-likeness (QED) is 0.693. The average Bonchev–Trinajstić information content (AvgIpc) is 2.85. The Morgan fingerprint density at radius 3 is 2.28 bits per heavy atom. The molecule has 0 bridgehead atoms. The molecule has 5 nitrogen and oxygen atoms in total. The van der Waals surface area contributed by atoms with E-state index in [1.165, 1.54) is 17.7 Å². The number of hydrogen-bond acceptors (Lipinski definition) is 3. The number of benzene rings is 2. The minimum atomic E-state index is -0.748. The molecule has 6 heteroatoms. The fraction of sp³-hybridized carbons (Fsp3) is 0.462. The molecule has 0 atom stereocenters. The number of nitrogens with zero attached hydrogens (tertiary/aromatic N) is 2. The monoisotopic (exact) mass is 438 g/mol. The van der Waals surface area contributed by atoms with E-state index in [1.54, 1.807) is 6.07 Å². The van der Waals surface area contributed by atoms with Crippen LogP contribution in [0, 0.1) is 5.82 Å². The SMILES string of the molecule is O=C(CCCc1ccccc1)N1CCN(C(=O)C2(c3cccc(F)c3)CCOCC2)CC1. The van der Waals surface area contributed by atoms with E-state index < -0.39 is 5.41 Å². The summed E-state index contributed by atoms with van der Waals surface area (Å²) in [5.74, 6) is -0.145. The highest BCUT2D eigenvalue weighted by molar-refractivity contribution is 5.89. The summed E-state index contributed by atoms with van der Waals surface area (Å²) < 4.78 is 19.5. The summed E-state index contributed by atoms with van der Waals surface area (Å²) in [5, 5.41) is 0. The van der Waals surface area contributed by atoms with Crippen molar-refractivity contribution in [2.75, 3.05) is 39.4 Å². The van der Waals surface area contributed by atoms with E-state index in [2.05, 4.69) is 12.1 Å². The zero-order valence-electron chi connectivity index (χ0n) is 18.5. The molecule has 0 N–H and O–H groups in total. The van der Waals surface area contributed by atoms with Crippen molar-refractivity contribution < 1.29 is 18.7 Å². The topological polar surface area (TPSA) is 49.9 Å². The van der Waals surface area contributed by atoms with Gasteiger partial charge in [-0.15, -0.1) is 0 Å². The number of carbonyl (C=O) groups excluding carboxylic acids is 2. The van der Waals surface area contributed by atoms with E-state index >= 15 is 0 Å². The fourth-order valence-electron chi connectivity index (χ4n) is 4.84. The number of aryl methyl sites for hydroxylation is 1. The van der Waals surface area contributed by atoms with Gasteiger partial charge in [-0.05, 0) is 48.9 Å². The van der Waals surface area contributed by atoms with Crippen LogP contribution in [0.25, 0.3) is 0 Å². The van der Waals surface area contributed by atoms with Crippen molar-refractivity contribution in [3.05, 3.63) is 71.5 Å². The van der Waals surface area contributed by atoms with Crippen molar-refractivity contribution in [1.82, 2.24) is 9.80 Å². The molecule has 2 aromatic rings. The first-order chi connectivity index (χ1) is 15.6. The first kappa shape index (κ1) is 22.5. The van der Waals surface area contributed by atoms with Gasteiger partial charge in [0.25, 0.3) is 0 Å². The molecule has 2 saturated heterocycles. The third kappa shape index (κ3) is 5.01. The van der Waals surface area contributed by atoms with Crippen molar-refractivity contribution in [1.29, 1.82) is 0 Å². The van der Waals surface area contributed by atoms with Crippen LogP contribution in [0.2, 0.25) is 0 Å². The van der Waals surface area contributed by atoms with E-state index in [-0.39, 0.29) is 17.6 Å². The molecule has 0 spiro atoms. The Balaban J connectivity index is 1.34. The van der Waals surface area contributed by atoms with Gasteiger partial charge in [0.05, 0.1) is 5.41 Å². The van der Waals surface area contributed by atoms with Gasteiger partial charge >= 0.3 is 0 Å². The zero-order chi connectivity index (χ0) is 22.4. The van der Waals surface area contributed by atoms with Gasteiger partial charge in [-0.2, -0.15) is 0 Å². The van der Waals surface area contributed by atoms with Gasteiger partial charge in [0.2, 0.25) is 11.8 Å². The van der Waals surface area contributed by atoms with Gasteiger partial charge in [0.1, 0.15) is 5.82 Å². The minimum absolute atomic E-state index is 0.0302. The lowest BCUT2D eigenvalue weighted by atomic mass is 9.73. The summed E-state index contributed by atoms with van der Waals surface area (Å²) >= 11 is 0. The molecule has 2 heterocycles. The second-order valence-corrected chi connectivity index (χ2v) is 8.72. The highest BCUT2D eigenvalue weighted by Gasteiger charge is 2.44. The molecule has 170 valence electrons. The predicted molar refractivity (Wildman–Crippen MR) is 121 cm³/mol. The van der Waals surface area contributed by atoms with Gasteiger partial charge in [0.15, 0.2) is 0 Å². The van der Waals surface area contributed by atoms with Gasteiger partial charge in [0, 0.05) is 45.8 Å². The Labute approximate surface area is 189 Å². The zero-order valence-corrected chi connectivity index (χ0v) is 18.5. The summed E-state index contributed by atoms with van der Waals surface area (Å²) in [4.78, 5) is 30.0. The Hall–Kier alpha value is -2.73. The van der Waals surface area contributed by atoms with Crippen molar-refractivity contribution in [3.8, 4) is 0 Å². The van der Waals surface area contributed by atoms with E-state index in [0.717, 1.165) is 18.4 Å². The van der Waals surface area contributed by atoms with Crippen molar-refractivity contribution in [2.24, 2.45) is 0 Å². The normalized spacial score (nSPS) is 18.4. The van der Waals surface area contributed by atoms with Crippen LogP contribution in [0.15, 0.2) is 54.6 Å². The van der Waals surface area contributed by atoms with Crippen molar-refractivity contribution >= 4 is 11.8 Å². The number of halogens is 1. The molecule has 0 saturated carbocycles. The largest absolute Gasteiger partial charge is 0.381 e. The number of ether oxygens (including phenoxy) is 1. The van der Waals surface area contributed by atoms with Gasteiger partial charge < -0.3 is 14.5 Å². The second kappa shape index (κ2) is 10.3. The lowest BCUT2D eigenvalue weighted by Gasteiger charge is -2.43. The van der Waals surface area contributed by atoms with Crippen LogP contribution in [0.3, 0.4) is 0 Å². The lowest BCUT2D eigenvalue weighted by Crippen LogP contribution is -2.56. The maximum absolute atomic E-state index is 13.9. The summed E-state index contributed by atoms with van der Waals surface area (Å²) in [6.07, 6.45) is 3.34. The van der Waals surface area contributed by atoms with Gasteiger partial charge in [-0.3, -0.25) is 9.59 Å². The third-order valence-corrected chi connectivity index (χ3v) is 6.75. The number of carbonyl (C=O) groups is 2. The van der Waals surface area contributed by atoms with E-state index in [4.69, 9.17) is 4.74 Å². The van der Waals surface area contributed by atoms with Crippen molar-refractivity contribution in [3.63, 3.8) is 0 Å². The molecule has 2 aromatic carbocycles. The Kier molecular flexibility index (Phi) is 7.20. The fourth-order valence-corrected chi connectivity index (χ4v) is 4.84. The molecule has 0 aliphatic carbocycles. The van der Waals surface area contributed by atoms with Gasteiger partial charge in [-0.1, -0.05) is 42.5 Å². The number of hydrogen-bond donors (Lipinski definition) is 0. The maximum Gasteiger partial charge on any atom is 0.233 e. The molecule has 0 unspecified atom stereocenters. The van der Waals surface area contributed by atoms with Gasteiger partial charge in [-0.25, -0.2) is 4.39 Å². The second-order valence-electron chi connectivity index (χ2n) is 8.72. The molecule has 0 radical (unpaired) electrons. The van der Waals surface area contributed by atoms with Crippen LogP contribution >= 0.6 is 0 Å². The smallest absolute Gasteiger partial charge is 0.233 e. The molecule has 4 rings (SSSR count). The molecular formula is C26H31FN2O3. The molecule has 2 amide bonds.